The maximum atomic E-state index is 12.4. The third-order valence-electron chi connectivity index (χ3n) is 5.11. The molecule has 4 rings (SSSR count). The molecule has 2 aromatic rings. The standard InChI is InChI=1S/C19H26N6O2/c1-15-20-6-5-18(21-15)24-7-2-8-25-17(14-24)13-16(22-25)3-4-19(26)23-9-11-27-12-10-23/h5-6,13H,2-4,7-12,14H2,1H3. The van der Waals surface area contributed by atoms with Crippen molar-refractivity contribution in [1.82, 2.24) is 24.6 Å². The second-order valence-corrected chi connectivity index (χ2v) is 7.08. The number of hydrogen-bond donors (Lipinski definition) is 0. The van der Waals surface area contributed by atoms with Crippen molar-refractivity contribution in [3.8, 4) is 0 Å². The minimum Gasteiger partial charge on any atom is -0.378 e. The fraction of sp³-hybridized carbons (Fsp3) is 0.579. The molecule has 2 aliphatic rings. The van der Waals surface area contributed by atoms with Crippen molar-refractivity contribution >= 4 is 11.7 Å². The number of anilines is 1. The van der Waals surface area contributed by atoms with Gasteiger partial charge in [-0.05, 0) is 25.5 Å². The number of rotatable bonds is 4. The molecule has 0 radical (unpaired) electrons. The summed E-state index contributed by atoms with van der Waals surface area (Å²) in [6.07, 6.45) is 4.01. The Morgan fingerprint density at radius 1 is 1.22 bits per heavy atom. The number of fused-ring (bicyclic) bond motifs is 1. The van der Waals surface area contributed by atoms with Crippen molar-refractivity contribution in [2.24, 2.45) is 0 Å². The van der Waals surface area contributed by atoms with Crippen molar-refractivity contribution < 1.29 is 9.53 Å². The third-order valence-corrected chi connectivity index (χ3v) is 5.11. The molecule has 0 atom stereocenters. The van der Waals surface area contributed by atoms with E-state index in [1.165, 1.54) is 5.69 Å². The van der Waals surface area contributed by atoms with Crippen LogP contribution >= 0.6 is 0 Å². The molecule has 8 heteroatoms. The average Bonchev–Trinajstić information content (AvgIpc) is 2.97. The average molecular weight is 370 g/mol. The lowest BCUT2D eigenvalue weighted by Crippen LogP contribution is -2.40. The Labute approximate surface area is 159 Å². The summed E-state index contributed by atoms with van der Waals surface area (Å²) in [6, 6.07) is 4.10. The molecule has 0 aliphatic carbocycles. The lowest BCUT2D eigenvalue weighted by atomic mass is 10.2. The van der Waals surface area contributed by atoms with Crippen molar-refractivity contribution in [3.05, 3.63) is 35.5 Å². The summed E-state index contributed by atoms with van der Waals surface area (Å²) in [5, 5.41) is 4.74. The van der Waals surface area contributed by atoms with E-state index in [4.69, 9.17) is 9.84 Å². The number of hydrogen-bond acceptors (Lipinski definition) is 6. The summed E-state index contributed by atoms with van der Waals surface area (Å²) in [4.78, 5) is 25.3. The lowest BCUT2D eigenvalue weighted by Gasteiger charge is -2.26. The quantitative estimate of drug-likeness (QED) is 0.805. The highest BCUT2D eigenvalue weighted by Crippen LogP contribution is 2.20. The normalized spacial score (nSPS) is 17.5. The summed E-state index contributed by atoms with van der Waals surface area (Å²) >= 11 is 0. The molecule has 2 aliphatic heterocycles. The van der Waals surface area contributed by atoms with Crippen LogP contribution in [0.2, 0.25) is 0 Å². The van der Waals surface area contributed by atoms with E-state index < -0.39 is 0 Å². The largest absolute Gasteiger partial charge is 0.378 e. The molecule has 1 amide bonds. The van der Waals surface area contributed by atoms with Crippen LogP contribution in [0.25, 0.3) is 0 Å². The lowest BCUT2D eigenvalue weighted by molar-refractivity contribution is -0.135. The van der Waals surface area contributed by atoms with Crippen molar-refractivity contribution in [1.29, 1.82) is 0 Å². The number of amides is 1. The molecule has 0 aromatic carbocycles. The Morgan fingerprint density at radius 2 is 2.07 bits per heavy atom. The van der Waals surface area contributed by atoms with E-state index in [-0.39, 0.29) is 5.91 Å². The Kier molecular flexibility index (Phi) is 5.33. The maximum Gasteiger partial charge on any atom is 0.223 e. The Balaban J connectivity index is 1.40. The molecule has 8 nitrogen and oxygen atoms in total. The van der Waals surface area contributed by atoms with E-state index in [9.17, 15) is 4.79 Å². The van der Waals surface area contributed by atoms with Gasteiger partial charge in [0.2, 0.25) is 5.91 Å². The maximum absolute atomic E-state index is 12.4. The van der Waals surface area contributed by atoms with Gasteiger partial charge in [-0.2, -0.15) is 5.10 Å². The van der Waals surface area contributed by atoms with Gasteiger partial charge in [0.25, 0.3) is 0 Å². The first-order valence-corrected chi connectivity index (χ1v) is 9.65. The van der Waals surface area contributed by atoms with Gasteiger partial charge in [-0.25, -0.2) is 9.97 Å². The topological polar surface area (TPSA) is 76.4 Å². The first-order valence-electron chi connectivity index (χ1n) is 9.65. The summed E-state index contributed by atoms with van der Waals surface area (Å²) in [5.41, 5.74) is 2.17. The number of nitrogens with zero attached hydrogens (tertiary/aromatic N) is 6. The van der Waals surface area contributed by atoms with Crippen LogP contribution in [0.5, 0.6) is 0 Å². The van der Waals surface area contributed by atoms with Crippen molar-refractivity contribution in [2.75, 3.05) is 37.7 Å². The van der Waals surface area contributed by atoms with E-state index in [1.54, 1.807) is 0 Å². The van der Waals surface area contributed by atoms with Crippen LogP contribution in [0.3, 0.4) is 0 Å². The van der Waals surface area contributed by atoms with Gasteiger partial charge < -0.3 is 14.5 Å². The fourth-order valence-electron chi connectivity index (χ4n) is 3.67. The van der Waals surface area contributed by atoms with Gasteiger partial charge in [-0.3, -0.25) is 9.48 Å². The second kappa shape index (κ2) is 8.04. The molecule has 0 unspecified atom stereocenters. The van der Waals surface area contributed by atoms with Crippen LogP contribution in [-0.2, 0) is 29.0 Å². The zero-order valence-corrected chi connectivity index (χ0v) is 15.8. The number of ether oxygens (including phenoxy) is 1. The zero-order chi connectivity index (χ0) is 18.6. The molecule has 0 N–H and O–H groups in total. The van der Waals surface area contributed by atoms with Crippen molar-refractivity contribution in [3.63, 3.8) is 0 Å². The number of aryl methyl sites for hydroxylation is 3. The molecule has 0 bridgehead atoms. The molecular weight excluding hydrogens is 344 g/mol. The molecule has 4 heterocycles. The Bertz CT molecular complexity index is 799. The number of aromatic nitrogens is 4. The zero-order valence-electron chi connectivity index (χ0n) is 15.8. The van der Waals surface area contributed by atoms with Crippen LogP contribution in [0.15, 0.2) is 18.3 Å². The summed E-state index contributed by atoms with van der Waals surface area (Å²) in [7, 11) is 0. The minimum atomic E-state index is 0.194. The molecule has 27 heavy (non-hydrogen) atoms. The molecular formula is C19H26N6O2. The highest BCUT2D eigenvalue weighted by atomic mass is 16.5. The van der Waals surface area contributed by atoms with Gasteiger partial charge in [0.15, 0.2) is 0 Å². The van der Waals surface area contributed by atoms with E-state index in [1.807, 2.05) is 24.1 Å². The first kappa shape index (κ1) is 17.9. The predicted octanol–water partition coefficient (Wildman–Crippen LogP) is 1.18. The van der Waals surface area contributed by atoms with E-state index in [0.717, 1.165) is 43.4 Å². The highest BCUT2D eigenvalue weighted by Gasteiger charge is 2.20. The fourth-order valence-corrected chi connectivity index (χ4v) is 3.67. The van der Waals surface area contributed by atoms with E-state index in [0.29, 0.717) is 39.1 Å². The summed E-state index contributed by atoms with van der Waals surface area (Å²) in [5.74, 6) is 1.94. The molecule has 144 valence electrons. The summed E-state index contributed by atoms with van der Waals surface area (Å²) < 4.78 is 7.40. The molecule has 0 saturated carbocycles. The molecule has 0 spiro atoms. The minimum absolute atomic E-state index is 0.194. The summed E-state index contributed by atoms with van der Waals surface area (Å²) in [6.45, 7) is 7.22. The van der Waals surface area contributed by atoms with E-state index in [2.05, 4.69) is 25.6 Å². The smallest absolute Gasteiger partial charge is 0.223 e. The van der Waals surface area contributed by atoms with Gasteiger partial charge in [0.05, 0.1) is 31.1 Å². The van der Waals surface area contributed by atoms with Crippen LogP contribution in [0.4, 0.5) is 5.82 Å². The predicted molar refractivity (Wildman–Crippen MR) is 100 cm³/mol. The first-order chi connectivity index (χ1) is 13.2. The Hall–Kier alpha value is -2.48. The van der Waals surface area contributed by atoms with Gasteiger partial charge in [0, 0.05) is 45.2 Å². The van der Waals surface area contributed by atoms with Crippen LogP contribution in [0, 0.1) is 6.92 Å². The molecule has 1 fully saturated rings. The second-order valence-electron chi connectivity index (χ2n) is 7.08. The van der Waals surface area contributed by atoms with Crippen LogP contribution < -0.4 is 4.90 Å². The van der Waals surface area contributed by atoms with Crippen LogP contribution in [-0.4, -0.2) is 63.4 Å². The van der Waals surface area contributed by atoms with Gasteiger partial charge >= 0.3 is 0 Å². The van der Waals surface area contributed by atoms with Gasteiger partial charge in [-0.1, -0.05) is 0 Å². The SMILES string of the molecule is Cc1nccc(N2CCCn3nc(CCC(=O)N4CCOCC4)cc3C2)n1. The number of carbonyl (C=O) groups is 1. The van der Waals surface area contributed by atoms with Gasteiger partial charge in [0.1, 0.15) is 11.6 Å². The number of carbonyl (C=O) groups excluding carboxylic acids is 1. The molecule has 1 saturated heterocycles. The Morgan fingerprint density at radius 3 is 2.89 bits per heavy atom. The van der Waals surface area contributed by atoms with Gasteiger partial charge in [-0.15, -0.1) is 0 Å². The number of morpholine rings is 1. The molecule has 2 aromatic heterocycles. The third kappa shape index (κ3) is 4.27. The van der Waals surface area contributed by atoms with Crippen LogP contribution in [0.1, 0.15) is 30.1 Å². The van der Waals surface area contributed by atoms with E-state index >= 15 is 0 Å². The highest BCUT2D eigenvalue weighted by molar-refractivity contribution is 5.76. The monoisotopic (exact) mass is 370 g/mol. The van der Waals surface area contributed by atoms with Crippen molar-refractivity contribution in [2.45, 2.75) is 39.3 Å².